The molecular formula is C9H16BrClN4O2S. The van der Waals surface area contributed by atoms with Crippen molar-refractivity contribution in [3.63, 3.8) is 0 Å². The third kappa shape index (κ3) is 3.91. The number of sulfonamides is 1. The van der Waals surface area contributed by atoms with E-state index in [-0.39, 0.29) is 21.6 Å². The van der Waals surface area contributed by atoms with Crippen LogP contribution in [0.4, 0.5) is 0 Å². The molecule has 0 bridgehead atoms. The molecule has 1 unspecified atom stereocenters. The second kappa shape index (κ2) is 6.31. The summed E-state index contributed by atoms with van der Waals surface area (Å²) < 4.78 is 28.3. The predicted molar refractivity (Wildman–Crippen MR) is 73.0 cm³/mol. The maximum absolute atomic E-state index is 12.2. The van der Waals surface area contributed by atoms with Gasteiger partial charge in [-0.15, -0.1) is 16.7 Å². The Hall–Kier alpha value is -0.180. The second-order valence-electron chi connectivity index (χ2n) is 4.41. The van der Waals surface area contributed by atoms with Crippen LogP contribution in [0.15, 0.2) is 9.63 Å². The van der Waals surface area contributed by atoms with E-state index in [9.17, 15) is 8.42 Å². The Morgan fingerprint density at radius 1 is 1.50 bits per heavy atom. The lowest BCUT2D eigenvalue weighted by atomic mass is 10.1. The van der Waals surface area contributed by atoms with E-state index in [0.717, 1.165) is 0 Å². The molecule has 1 atom stereocenters. The van der Waals surface area contributed by atoms with Crippen molar-refractivity contribution < 1.29 is 8.42 Å². The fourth-order valence-corrected chi connectivity index (χ4v) is 4.23. The molecule has 1 N–H and O–H groups in total. The van der Waals surface area contributed by atoms with Crippen LogP contribution >= 0.6 is 27.5 Å². The van der Waals surface area contributed by atoms with Gasteiger partial charge in [-0.2, -0.15) is 0 Å². The fourth-order valence-electron chi connectivity index (χ4n) is 1.59. The molecular weight excluding hydrogens is 344 g/mol. The van der Waals surface area contributed by atoms with Crippen LogP contribution < -0.4 is 4.72 Å². The average molecular weight is 360 g/mol. The molecule has 0 amide bonds. The van der Waals surface area contributed by atoms with E-state index in [1.807, 2.05) is 13.8 Å². The van der Waals surface area contributed by atoms with E-state index >= 15 is 0 Å². The van der Waals surface area contributed by atoms with E-state index in [2.05, 4.69) is 31.0 Å². The lowest BCUT2D eigenvalue weighted by Crippen LogP contribution is -2.38. The normalized spacial score (nSPS) is 14.1. The molecule has 0 aliphatic rings. The minimum atomic E-state index is -3.68. The highest BCUT2D eigenvalue weighted by atomic mass is 79.9. The molecule has 18 heavy (non-hydrogen) atoms. The highest BCUT2D eigenvalue weighted by Gasteiger charge is 2.26. The summed E-state index contributed by atoms with van der Waals surface area (Å²) in [6, 6.07) is -0.307. The van der Waals surface area contributed by atoms with Crippen molar-refractivity contribution in [3.8, 4) is 0 Å². The average Bonchev–Trinajstić information content (AvgIpc) is 2.56. The molecule has 104 valence electrons. The first kappa shape index (κ1) is 15.9. The minimum Gasteiger partial charge on any atom is -0.235 e. The van der Waals surface area contributed by atoms with Gasteiger partial charge < -0.3 is 0 Å². The maximum Gasteiger partial charge on any atom is 0.260 e. The van der Waals surface area contributed by atoms with Gasteiger partial charge in [0.2, 0.25) is 5.03 Å². The third-order valence-electron chi connectivity index (χ3n) is 2.26. The number of halogens is 2. The number of rotatable bonds is 6. The molecule has 0 spiro atoms. The summed E-state index contributed by atoms with van der Waals surface area (Å²) in [7, 11) is -2.16. The summed E-state index contributed by atoms with van der Waals surface area (Å²) in [5, 5.41) is 7.30. The number of nitrogens with zero attached hydrogens (tertiary/aromatic N) is 3. The first-order chi connectivity index (χ1) is 8.27. The summed E-state index contributed by atoms with van der Waals surface area (Å²) in [6.07, 6.45) is 0.672. The number of hydrogen-bond donors (Lipinski definition) is 1. The van der Waals surface area contributed by atoms with E-state index in [0.29, 0.717) is 12.3 Å². The lowest BCUT2D eigenvalue weighted by molar-refractivity contribution is 0.481. The molecule has 0 aliphatic carbocycles. The van der Waals surface area contributed by atoms with Crippen molar-refractivity contribution in [3.05, 3.63) is 4.60 Å². The van der Waals surface area contributed by atoms with Gasteiger partial charge >= 0.3 is 0 Å². The minimum absolute atomic E-state index is 0.00127. The zero-order valence-electron chi connectivity index (χ0n) is 10.4. The number of alkyl halides is 1. The van der Waals surface area contributed by atoms with Crippen molar-refractivity contribution in [2.45, 2.75) is 31.3 Å². The molecule has 1 rings (SSSR count). The Kier molecular flexibility index (Phi) is 5.57. The molecule has 0 aromatic carbocycles. The predicted octanol–water partition coefficient (Wildman–Crippen LogP) is 1.51. The summed E-state index contributed by atoms with van der Waals surface area (Å²) in [5.74, 6) is 0.574. The van der Waals surface area contributed by atoms with Crippen LogP contribution in [0.2, 0.25) is 0 Å². The van der Waals surface area contributed by atoms with Gasteiger partial charge in [0.25, 0.3) is 10.0 Å². The van der Waals surface area contributed by atoms with Gasteiger partial charge in [-0.05, 0) is 28.3 Å². The van der Waals surface area contributed by atoms with E-state index in [1.54, 1.807) is 0 Å². The molecule has 1 aromatic rings. The Labute approximate surface area is 120 Å². The first-order valence-corrected chi connectivity index (χ1v) is 8.22. The van der Waals surface area contributed by atoms with Crippen LogP contribution in [0.3, 0.4) is 0 Å². The summed E-state index contributed by atoms with van der Waals surface area (Å²) in [4.78, 5) is 0. The van der Waals surface area contributed by atoms with Crippen LogP contribution in [0.25, 0.3) is 0 Å². The lowest BCUT2D eigenvalue weighted by Gasteiger charge is -2.17. The van der Waals surface area contributed by atoms with Crippen LogP contribution in [0.1, 0.15) is 20.3 Å². The molecule has 9 heteroatoms. The standard InChI is InChI=1S/C9H16BrClN4O2S/c1-6(2)4-7(5-11)13-18(16,17)9-8(10)12-14-15(9)3/h6-7,13H,4-5H2,1-3H3. The highest BCUT2D eigenvalue weighted by molar-refractivity contribution is 9.10. The zero-order chi connectivity index (χ0) is 13.9. The van der Waals surface area contributed by atoms with Crippen LogP contribution in [0.5, 0.6) is 0 Å². The molecule has 0 aliphatic heterocycles. The third-order valence-corrected chi connectivity index (χ3v) is 5.04. The number of nitrogens with one attached hydrogen (secondary N) is 1. The van der Waals surface area contributed by atoms with E-state index < -0.39 is 10.0 Å². The molecule has 6 nitrogen and oxygen atoms in total. The topological polar surface area (TPSA) is 76.9 Å². The SMILES string of the molecule is CC(C)CC(CCl)NS(=O)(=O)c1c(Br)nnn1C. The number of aryl methyl sites for hydroxylation is 1. The van der Waals surface area contributed by atoms with Crippen molar-refractivity contribution in [2.24, 2.45) is 13.0 Å². The molecule has 0 saturated heterocycles. The van der Waals surface area contributed by atoms with Gasteiger partial charge in [-0.3, -0.25) is 0 Å². The second-order valence-corrected chi connectivity index (χ2v) is 7.10. The molecule has 0 fully saturated rings. The van der Waals surface area contributed by atoms with Crippen molar-refractivity contribution in [1.29, 1.82) is 0 Å². The maximum atomic E-state index is 12.2. The monoisotopic (exact) mass is 358 g/mol. The Bertz CT molecular complexity index is 483. The van der Waals surface area contributed by atoms with Crippen LogP contribution in [-0.2, 0) is 17.1 Å². The van der Waals surface area contributed by atoms with Gasteiger partial charge in [0, 0.05) is 19.0 Å². The fraction of sp³-hybridized carbons (Fsp3) is 0.778. The van der Waals surface area contributed by atoms with Crippen LogP contribution in [-0.4, -0.2) is 35.3 Å². The smallest absolute Gasteiger partial charge is 0.235 e. The Morgan fingerprint density at radius 2 is 2.11 bits per heavy atom. The van der Waals surface area contributed by atoms with Crippen LogP contribution in [0, 0.1) is 5.92 Å². The van der Waals surface area contributed by atoms with Gasteiger partial charge in [0.1, 0.15) is 0 Å². The molecule has 0 saturated carbocycles. The van der Waals surface area contributed by atoms with Crippen molar-refractivity contribution in [1.82, 2.24) is 19.7 Å². The van der Waals surface area contributed by atoms with E-state index in [1.165, 1.54) is 11.7 Å². The molecule has 1 aromatic heterocycles. The van der Waals surface area contributed by atoms with E-state index in [4.69, 9.17) is 11.6 Å². The zero-order valence-corrected chi connectivity index (χ0v) is 13.5. The van der Waals surface area contributed by atoms with Crippen molar-refractivity contribution >= 4 is 37.6 Å². The largest absolute Gasteiger partial charge is 0.260 e. The van der Waals surface area contributed by atoms with Gasteiger partial charge in [-0.1, -0.05) is 19.1 Å². The Morgan fingerprint density at radius 3 is 2.50 bits per heavy atom. The number of hydrogen-bond acceptors (Lipinski definition) is 4. The summed E-state index contributed by atoms with van der Waals surface area (Å²) in [5.41, 5.74) is 0. The first-order valence-electron chi connectivity index (χ1n) is 5.41. The molecule has 0 radical (unpaired) electrons. The van der Waals surface area contributed by atoms with Gasteiger partial charge in [0.15, 0.2) is 4.60 Å². The van der Waals surface area contributed by atoms with Gasteiger partial charge in [0.05, 0.1) is 0 Å². The number of aromatic nitrogens is 3. The van der Waals surface area contributed by atoms with Crippen molar-refractivity contribution in [2.75, 3.05) is 5.88 Å². The quantitative estimate of drug-likeness (QED) is 0.781. The highest BCUT2D eigenvalue weighted by Crippen LogP contribution is 2.19. The molecule has 1 heterocycles. The summed E-state index contributed by atoms with van der Waals surface area (Å²) in [6.45, 7) is 4.02. The summed E-state index contributed by atoms with van der Waals surface area (Å²) >= 11 is 8.85. The van der Waals surface area contributed by atoms with Gasteiger partial charge in [-0.25, -0.2) is 17.8 Å². The Balaban J connectivity index is 2.94.